The second-order valence-corrected chi connectivity index (χ2v) is 7.57. The number of nitrogens with one attached hydrogen (secondary N) is 1. The molecule has 2 aromatic carbocycles. The molecule has 3 aromatic rings. The van der Waals surface area contributed by atoms with Crippen LogP contribution >= 0.6 is 0 Å². The third-order valence-corrected chi connectivity index (χ3v) is 5.02. The summed E-state index contributed by atoms with van der Waals surface area (Å²) in [4.78, 5) is 57.4. The largest absolute Gasteiger partial charge is 0.426 e. The summed E-state index contributed by atoms with van der Waals surface area (Å²) in [5, 5.41) is 14.2. The van der Waals surface area contributed by atoms with Gasteiger partial charge in [0.2, 0.25) is 5.95 Å². The number of nitrogens with zero attached hydrogens (tertiary/aromatic N) is 4. The smallest absolute Gasteiger partial charge is 0.313 e. The zero-order valence-electron chi connectivity index (χ0n) is 18.3. The van der Waals surface area contributed by atoms with E-state index < -0.39 is 28.4 Å². The molecule has 1 aromatic heterocycles. The Morgan fingerprint density at radius 3 is 2.47 bits per heavy atom. The fourth-order valence-corrected chi connectivity index (χ4v) is 3.60. The molecule has 2 amide bonds. The quantitative estimate of drug-likeness (QED) is 0.184. The number of esters is 1. The number of aromatic nitrogens is 2. The van der Waals surface area contributed by atoms with E-state index in [0.717, 1.165) is 22.4 Å². The lowest BCUT2D eigenvalue weighted by Gasteiger charge is -2.13. The number of fused-ring (bicyclic) bond motifs is 1. The molecule has 0 radical (unpaired) electrons. The topological polar surface area (TPSA) is 145 Å². The molecular formula is C23H19N5O6. The monoisotopic (exact) mass is 461 g/mol. The first-order valence-electron chi connectivity index (χ1n) is 10.3. The fourth-order valence-electron chi connectivity index (χ4n) is 3.60. The van der Waals surface area contributed by atoms with E-state index in [1.165, 1.54) is 12.1 Å². The Morgan fingerprint density at radius 1 is 1.06 bits per heavy atom. The number of benzene rings is 2. The lowest BCUT2D eigenvalue weighted by Crippen LogP contribution is -2.32. The highest BCUT2D eigenvalue weighted by atomic mass is 16.6. The fraction of sp³-hybridized carbons (Fsp3) is 0.174. The normalized spacial score (nSPS) is 12.5. The Balaban J connectivity index is 1.40. The highest BCUT2D eigenvalue weighted by Crippen LogP contribution is 2.30. The Labute approximate surface area is 193 Å². The Morgan fingerprint density at radius 2 is 1.76 bits per heavy atom. The number of ether oxygens (including phenoxy) is 1. The van der Waals surface area contributed by atoms with Gasteiger partial charge in [-0.3, -0.25) is 29.4 Å². The van der Waals surface area contributed by atoms with Gasteiger partial charge in [0.25, 0.3) is 17.5 Å². The summed E-state index contributed by atoms with van der Waals surface area (Å²) in [5.41, 5.74) is 1.44. The maximum Gasteiger partial charge on any atom is 0.313 e. The van der Waals surface area contributed by atoms with Crippen molar-refractivity contribution in [1.82, 2.24) is 14.9 Å². The third kappa shape index (κ3) is 4.58. The lowest BCUT2D eigenvalue weighted by molar-refractivity contribution is -0.385. The first-order valence-corrected chi connectivity index (χ1v) is 10.3. The maximum atomic E-state index is 12.6. The Bertz CT molecular complexity index is 1320. The van der Waals surface area contributed by atoms with Gasteiger partial charge in [-0.2, -0.15) is 0 Å². The van der Waals surface area contributed by atoms with Gasteiger partial charge in [-0.1, -0.05) is 12.1 Å². The van der Waals surface area contributed by atoms with Crippen LogP contribution in [0.5, 0.6) is 5.75 Å². The van der Waals surface area contributed by atoms with Crippen LogP contribution in [0.1, 0.15) is 38.5 Å². The Kier molecular flexibility index (Phi) is 6.00. The summed E-state index contributed by atoms with van der Waals surface area (Å²) in [7, 11) is 0. The van der Waals surface area contributed by atoms with Crippen molar-refractivity contribution in [2.75, 3.05) is 11.9 Å². The molecule has 0 unspecified atom stereocenters. The molecule has 0 saturated carbocycles. The molecule has 0 bridgehead atoms. The second-order valence-electron chi connectivity index (χ2n) is 7.57. The van der Waals surface area contributed by atoms with Crippen LogP contribution in [-0.2, 0) is 4.79 Å². The standard InChI is InChI=1S/C23H19N5O6/c1-13-11-14(2)25-23(24-13)26-15-5-3-6-16(12-15)34-19(29)9-10-27-21(30)17-7-4-8-18(28(32)33)20(17)22(27)31/h3-8,11-12H,9-10H2,1-2H3,(H,24,25,26). The van der Waals surface area contributed by atoms with Crippen molar-refractivity contribution in [3.05, 3.63) is 81.2 Å². The number of amides is 2. The number of nitro benzene ring substituents is 1. The molecule has 172 valence electrons. The molecule has 0 atom stereocenters. The van der Waals surface area contributed by atoms with Gasteiger partial charge in [-0.15, -0.1) is 0 Å². The summed E-state index contributed by atoms with van der Waals surface area (Å²) < 4.78 is 5.33. The highest BCUT2D eigenvalue weighted by molar-refractivity contribution is 6.23. The number of aryl methyl sites for hydroxylation is 2. The number of carbonyl (C=O) groups is 3. The van der Waals surface area contributed by atoms with Crippen molar-refractivity contribution in [3.8, 4) is 5.75 Å². The van der Waals surface area contributed by atoms with Crippen LogP contribution in [0.4, 0.5) is 17.3 Å². The summed E-state index contributed by atoms with van der Waals surface area (Å²) in [6.45, 7) is 3.44. The number of anilines is 2. The number of imide groups is 1. The predicted octanol–water partition coefficient (Wildman–Crippen LogP) is 3.34. The van der Waals surface area contributed by atoms with Gasteiger partial charge in [0.1, 0.15) is 11.3 Å². The van der Waals surface area contributed by atoms with Gasteiger partial charge in [-0.05, 0) is 38.1 Å². The van der Waals surface area contributed by atoms with Crippen molar-refractivity contribution in [1.29, 1.82) is 0 Å². The van der Waals surface area contributed by atoms with E-state index in [1.54, 1.807) is 24.3 Å². The van der Waals surface area contributed by atoms with Crippen LogP contribution in [0.15, 0.2) is 48.5 Å². The van der Waals surface area contributed by atoms with Crippen molar-refractivity contribution in [2.45, 2.75) is 20.3 Å². The third-order valence-electron chi connectivity index (χ3n) is 5.02. The molecule has 0 spiro atoms. The van der Waals surface area contributed by atoms with E-state index in [9.17, 15) is 24.5 Å². The molecule has 11 nitrogen and oxygen atoms in total. The summed E-state index contributed by atoms with van der Waals surface area (Å²) in [6, 6.07) is 12.3. The number of hydrogen-bond acceptors (Lipinski definition) is 9. The van der Waals surface area contributed by atoms with E-state index in [-0.39, 0.29) is 29.8 Å². The minimum absolute atomic E-state index is 0.0556. The van der Waals surface area contributed by atoms with Crippen LogP contribution < -0.4 is 10.1 Å². The van der Waals surface area contributed by atoms with E-state index >= 15 is 0 Å². The summed E-state index contributed by atoms with van der Waals surface area (Å²) >= 11 is 0. The molecule has 34 heavy (non-hydrogen) atoms. The number of hydrogen-bond donors (Lipinski definition) is 1. The SMILES string of the molecule is Cc1cc(C)nc(Nc2cccc(OC(=O)CCN3C(=O)c4cccc([N+](=O)[O-])c4C3=O)c2)n1. The molecule has 11 heteroatoms. The van der Waals surface area contributed by atoms with Gasteiger partial charge in [0.05, 0.1) is 16.9 Å². The van der Waals surface area contributed by atoms with Gasteiger partial charge < -0.3 is 10.1 Å². The molecule has 0 fully saturated rings. The first kappa shape index (κ1) is 22.5. The van der Waals surface area contributed by atoms with Crippen LogP contribution in [0.3, 0.4) is 0 Å². The van der Waals surface area contributed by atoms with Crippen LogP contribution in [0.25, 0.3) is 0 Å². The van der Waals surface area contributed by atoms with Gasteiger partial charge in [-0.25, -0.2) is 9.97 Å². The van der Waals surface area contributed by atoms with Crippen molar-refractivity contribution in [3.63, 3.8) is 0 Å². The average molecular weight is 461 g/mol. The molecule has 1 aliphatic heterocycles. The summed E-state index contributed by atoms with van der Waals surface area (Å²) in [6.07, 6.45) is -0.281. The van der Waals surface area contributed by atoms with Gasteiger partial charge in [0, 0.05) is 35.8 Å². The molecule has 2 heterocycles. The lowest BCUT2D eigenvalue weighted by atomic mass is 10.1. The van der Waals surface area contributed by atoms with E-state index in [1.807, 2.05) is 19.9 Å². The van der Waals surface area contributed by atoms with Crippen LogP contribution in [0, 0.1) is 24.0 Å². The van der Waals surface area contributed by atoms with E-state index in [4.69, 9.17) is 4.74 Å². The van der Waals surface area contributed by atoms with E-state index in [2.05, 4.69) is 15.3 Å². The number of carbonyl (C=O) groups excluding carboxylic acids is 3. The number of rotatable bonds is 7. The van der Waals surface area contributed by atoms with E-state index in [0.29, 0.717) is 11.6 Å². The highest BCUT2D eigenvalue weighted by Gasteiger charge is 2.40. The minimum atomic E-state index is -0.806. The average Bonchev–Trinajstić information content (AvgIpc) is 3.01. The van der Waals surface area contributed by atoms with Crippen molar-refractivity contribution in [2.24, 2.45) is 0 Å². The van der Waals surface area contributed by atoms with Crippen LogP contribution in [0.2, 0.25) is 0 Å². The summed E-state index contributed by atoms with van der Waals surface area (Å²) in [5.74, 6) is -1.51. The second kappa shape index (κ2) is 9.06. The van der Waals surface area contributed by atoms with Crippen molar-refractivity contribution >= 4 is 35.1 Å². The number of nitro groups is 1. The van der Waals surface area contributed by atoms with Gasteiger partial charge >= 0.3 is 5.97 Å². The molecule has 1 N–H and O–H groups in total. The zero-order chi connectivity index (χ0) is 24.4. The van der Waals surface area contributed by atoms with Gasteiger partial charge in [0.15, 0.2) is 0 Å². The predicted molar refractivity (Wildman–Crippen MR) is 120 cm³/mol. The molecule has 0 aliphatic carbocycles. The maximum absolute atomic E-state index is 12.6. The Hall–Kier alpha value is -4.67. The van der Waals surface area contributed by atoms with Crippen molar-refractivity contribution < 1.29 is 24.0 Å². The first-order chi connectivity index (χ1) is 16.2. The molecule has 0 saturated heterocycles. The molecule has 1 aliphatic rings. The molecule has 4 rings (SSSR count). The van der Waals surface area contributed by atoms with Crippen LogP contribution in [-0.4, -0.2) is 44.1 Å². The minimum Gasteiger partial charge on any atom is -0.426 e. The molecular weight excluding hydrogens is 442 g/mol. The zero-order valence-corrected chi connectivity index (χ0v) is 18.3.